The number of hydrogen-bond acceptors (Lipinski definition) is 7. The van der Waals surface area contributed by atoms with E-state index < -0.39 is 0 Å². The third-order valence-electron chi connectivity index (χ3n) is 4.05. The molecule has 1 amide bonds. The summed E-state index contributed by atoms with van der Waals surface area (Å²) in [6.07, 6.45) is 1.50. The van der Waals surface area contributed by atoms with Crippen LogP contribution in [0.4, 0.5) is 4.39 Å². The van der Waals surface area contributed by atoms with Crippen LogP contribution in [0, 0.1) is 5.82 Å². The van der Waals surface area contributed by atoms with Crippen LogP contribution in [0.2, 0.25) is 0 Å². The Balaban J connectivity index is 1.71. The van der Waals surface area contributed by atoms with Crippen molar-refractivity contribution in [1.82, 2.24) is 30.1 Å². The number of nitrogens with one attached hydrogen (secondary N) is 1. The second kappa shape index (κ2) is 9.32. The van der Waals surface area contributed by atoms with Crippen molar-refractivity contribution in [2.24, 2.45) is 7.05 Å². The van der Waals surface area contributed by atoms with Gasteiger partial charge in [0.05, 0.1) is 13.3 Å². The molecule has 0 bridgehead atoms. The molecule has 152 valence electrons. The van der Waals surface area contributed by atoms with Gasteiger partial charge in [-0.2, -0.15) is 0 Å². The lowest BCUT2D eigenvalue weighted by atomic mass is 10.2. The molecule has 0 radical (unpaired) electrons. The SMILES string of the molecule is COc1cn(CC(=O)NCc2ccc(F)cc2)c(CSc2nnnn2C)cc1=O. The molecule has 1 aromatic carbocycles. The minimum atomic E-state index is -0.333. The molecular weight excluding hydrogens is 399 g/mol. The number of benzene rings is 1. The normalized spacial score (nSPS) is 10.7. The fourth-order valence-electron chi connectivity index (χ4n) is 2.51. The summed E-state index contributed by atoms with van der Waals surface area (Å²) in [5, 5.41) is 14.6. The summed E-state index contributed by atoms with van der Waals surface area (Å²) >= 11 is 1.34. The monoisotopic (exact) mass is 418 g/mol. The van der Waals surface area contributed by atoms with E-state index in [9.17, 15) is 14.0 Å². The molecule has 0 atom stereocenters. The molecule has 2 aromatic heterocycles. The van der Waals surface area contributed by atoms with Gasteiger partial charge in [0, 0.05) is 31.1 Å². The molecule has 3 aromatic rings. The average molecular weight is 418 g/mol. The number of methoxy groups -OCH3 is 1. The molecule has 0 aliphatic rings. The summed E-state index contributed by atoms with van der Waals surface area (Å²) in [5.41, 5.74) is 1.13. The molecular formula is C18H19FN6O3S. The van der Waals surface area contributed by atoms with Crippen molar-refractivity contribution in [1.29, 1.82) is 0 Å². The number of nitrogens with zero attached hydrogens (tertiary/aromatic N) is 5. The van der Waals surface area contributed by atoms with Crippen LogP contribution in [0.15, 0.2) is 46.5 Å². The molecule has 0 saturated heterocycles. The van der Waals surface area contributed by atoms with E-state index in [1.54, 1.807) is 23.7 Å². The van der Waals surface area contributed by atoms with E-state index >= 15 is 0 Å². The Hall–Kier alpha value is -3.21. The van der Waals surface area contributed by atoms with Gasteiger partial charge in [0.1, 0.15) is 12.4 Å². The first-order valence-electron chi connectivity index (χ1n) is 8.60. The average Bonchev–Trinajstić information content (AvgIpc) is 3.12. The minimum Gasteiger partial charge on any atom is -0.491 e. The highest BCUT2D eigenvalue weighted by Gasteiger charge is 2.13. The highest BCUT2D eigenvalue weighted by atomic mass is 32.2. The van der Waals surface area contributed by atoms with Gasteiger partial charge in [-0.1, -0.05) is 23.9 Å². The Kier molecular flexibility index (Phi) is 6.60. The fraction of sp³-hybridized carbons (Fsp3) is 0.278. The minimum absolute atomic E-state index is 0.00913. The second-order valence-electron chi connectivity index (χ2n) is 6.10. The number of carbonyl (C=O) groups is 1. The van der Waals surface area contributed by atoms with Gasteiger partial charge < -0.3 is 14.6 Å². The molecule has 29 heavy (non-hydrogen) atoms. The molecule has 0 fully saturated rings. The topological polar surface area (TPSA) is 104 Å². The first-order valence-corrected chi connectivity index (χ1v) is 9.58. The lowest BCUT2D eigenvalue weighted by molar-refractivity contribution is -0.121. The molecule has 0 unspecified atom stereocenters. The highest BCUT2D eigenvalue weighted by Crippen LogP contribution is 2.19. The van der Waals surface area contributed by atoms with Crippen LogP contribution in [0.5, 0.6) is 5.75 Å². The maximum atomic E-state index is 13.0. The van der Waals surface area contributed by atoms with Crippen LogP contribution in [-0.2, 0) is 30.7 Å². The van der Waals surface area contributed by atoms with Crippen molar-refractivity contribution >= 4 is 17.7 Å². The van der Waals surface area contributed by atoms with Gasteiger partial charge in [0.15, 0.2) is 5.75 Å². The van der Waals surface area contributed by atoms with Crippen molar-refractivity contribution in [2.75, 3.05) is 7.11 Å². The maximum Gasteiger partial charge on any atom is 0.240 e. The standard InChI is InChI=1S/C18H19FN6O3S/c1-24-18(21-22-23-24)29-11-14-7-15(26)16(28-2)9-25(14)10-17(27)20-8-12-3-5-13(19)6-4-12/h3-7,9H,8,10-11H2,1-2H3,(H,20,27). The number of rotatable bonds is 8. The van der Waals surface area contributed by atoms with E-state index in [0.717, 1.165) is 5.56 Å². The number of ether oxygens (including phenoxy) is 1. The molecule has 0 aliphatic heterocycles. The predicted molar refractivity (Wildman–Crippen MR) is 104 cm³/mol. The quantitative estimate of drug-likeness (QED) is 0.547. The zero-order chi connectivity index (χ0) is 20.8. The molecule has 3 rings (SSSR count). The number of thioether (sulfide) groups is 1. The molecule has 11 heteroatoms. The summed E-state index contributed by atoms with van der Waals surface area (Å²) in [6.45, 7) is 0.260. The predicted octanol–water partition coefficient (Wildman–Crippen LogP) is 1.13. The zero-order valence-electron chi connectivity index (χ0n) is 15.8. The van der Waals surface area contributed by atoms with E-state index in [1.807, 2.05) is 0 Å². The number of aryl methyl sites for hydroxylation is 1. The van der Waals surface area contributed by atoms with Crippen molar-refractivity contribution in [2.45, 2.75) is 24.0 Å². The second-order valence-corrected chi connectivity index (χ2v) is 7.04. The summed E-state index contributed by atoms with van der Waals surface area (Å²) in [7, 11) is 3.11. The van der Waals surface area contributed by atoms with Crippen LogP contribution in [0.3, 0.4) is 0 Å². The Labute approximate surface area is 169 Å². The van der Waals surface area contributed by atoms with E-state index in [1.165, 1.54) is 47.9 Å². The zero-order valence-corrected chi connectivity index (χ0v) is 16.6. The van der Waals surface area contributed by atoms with Gasteiger partial charge in [-0.3, -0.25) is 9.59 Å². The number of tetrazole rings is 1. The number of aromatic nitrogens is 5. The van der Waals surface area contributed by atoms with Gasteiger partial charge >= 0.3 is 0 Å². The van der Waals surface area contributed by atoms with E-state index in [-0.39, 0.29) is 36.0 Å². The van der Waals surface area contributed by atoms with Crippen LogP contribution < -0.4 is 15.5 Å². The number of hydrogen-bond donors (Lipinski definition) is 1. The van der Waals surface area contributed by atoms with Gasteiger partial charge in [-0.15, -0.1) is 5.10 Å². The van der Waals surface area contributed by atoms with E-state index in [2.05, 4.69) is 20.8 Å². The number of pyridine rings is 1. The summed E-state index contributed by atoms with van der Waals surface area (Å²) in [6, 6.07) is 7.32. The van der Waals surface area contributed by atoms with Crippen molar-refractivity contribution in [3.8, 4) is 5.75 Å². The largest absolute Gasteiger partial charge is 0.491 e. The van der Waals surface area contributed by atoms with Gasteiger partial charge in [0.2, 0.25) is 16.5 Å². The van der Waals surface area contributed by atoms with Crippen molar-refractivity contribution < 1.29 is 13.9 Å². The smallest absolute Gasteiger partial charge is 0.240 e. The van der Waals surface area contributed by atoms with Crippen LogP contribution in [0.25, 0.3) is 0 Å². The molecule has 0 spiro atoms. The van der Waals surface area contributed by atoms with Gasteiger partial charge in [-0.05, 0) is 28.1 Å². The Bertz CT molecular complexity index is 1050. The lowest BCUT2D eigenvalue weighted by Gasteiger charge is -2.14. The molecule has 9 nitrogen and oxygen atoms in total. The summed E-state index contributed by atoms with van der Waals surface area (Å²) in [4.78, 5) is 24.6. The molecule has 0 saturated carbocycles. The number of halogens is 1. The van der Waals surface area contributed by atoms with Crippen LogP contribution in [0.1, 0.15) is 11.3 Å². The van der Waals surface area contributed by atoms with E-state index in [0.29, 0.717) is 16.6 Å². The Morgan fingerprint density at radius 1 is 1.31 bits per heavy atom. The molecule has 1 N–H and O–H groups in total. The van der Waals surface area contributed by atoms with Crippen molar-refractivity contribution in [3.63, 3.8) is 0 Å². The van der Waals surface area contributed by atoms with Gasteiger partial charge in [0.25, 0.3) is 0 Å². The first-order chi connectivity index (χ1) is 14.0. The van der Waals surface area contributed by atoms with E-state index in [4.69, 9.17) is 4.74 Å². The lowest BCUT2D eigenvalue weighted by Crippen LogP contribution is -2.28. The maximum absolute atomic E-state index is 13.0. The Morgan fingerprint density at radius 3 is 2.72 bits per heavy atom. The van der Waals surface area contributed by atoms with Gasteiger partial charge in [-0.25, -0.2) is 9.07 Å². The summed E-state index contributed by atoms with van der Waals surface area (Å²) < 4.78 is 21.2. The van der Waals surface area contributed by atoms with Crippen molar-refractivity contribution in [3.05, 3.63) is 63.8 Å². The van der Waals surface area contributed by atoms with Crippen LogP contribution >= 0.6 is 11.8 Å². The summed E-state index contributed by atoms with van der Waals surface area (Å²) in [5.74, 6) is -0.0590. The first kappa shape index (κ1) is 20.5. The Morgan fingerprint density at radius 2 is 2.07 bits per heavy atom. The van der Waals surface area contributed by atoms with Crippen LogP contribution in [-0.4, -0.2) is 37.8 Å². The third kappa shape index (κ3) is 5.41. The number of amides is 1. The number of carbonyl (C=O) groups excluding carboxylic acids is 1. The third-order valence-corrected chi connectivity index (χ3v) is 5.09. The molecule has 2 heterocycles. The highest BCUT2D eigenvalue weighted by molar-refractivity contribution is 7.98. The fourth-order valence-corrected chi connectivity index (χ4v) is 3.36. The molecule has 0 aliphatic carbocycles.